The highest BCUT2D eigenvalue weighted by molar-refractivity contribution is 5.76. The van der Waals surface area contributed by atoms with Crippen LogP contribution in [0.5, 0.6) is 0 Å². The van der Waals surface area contributed by atoms with Crippen molar-refractivity contribution in [1.82, 2.24) is 5.32 Å². The van der Waals surface area contributed by atoms with Crippen molar-refractivity contribution in [2.24, 2.45) is 0 Å². The third kappa shape index (κ3) is 2.89. The Bertz CT molecular complexity index is 145. The zero-order valence-electron chi connectivity index (χ0n) is 6.84. The third-order valence-electron chi connectivity index (χ3n) is 1.95. The van der Waals surface area contributed by atoms with Gasteiger partial charge in [-0.2, -0.15) is 0 Å². The van der Waals surface area contributed by atoms with Gasteiger partial charge in [0.15, 0.2) is 0 Å². The van der Waals surface area contributed by atoms with E-state index in [0.29, 0.717) is 12.8 Å². The standard InChI is InChI=1S/C8H15NO2/c1-6(10)5-7-3-2-4-8(11)9-7/h6-7,10H,2-5H2,1H3,(H,9,11)/t6-,7-/m1/s1. The van der Waals surface area contributed by atoms with Crippen molar-refractivity contribution in [2.75, 3.05) is 0 Å². The molecule has 3 heteroatoms. The molecule has 0 bridgehead atoms. The van der Waals surface area contributed by atoms with Crippen LogP contribution in [0.1, 0.15) is 32.6 Å². The minimum absolute atomic E-state index is 0.127. The first-order valence-corrected chi connectivity index (χ1v) is 4.16. The van der Waals surface area contributed by atoms with Crippen molar-refractivity contribution in [3.8, 4) is 0 Å². The van der Waals surface area contributed by atoms with Crippen molar-refractivity contribution in [3.05, 3.63) is 0 Å². The first-order chi connectivity index (χ1) is 5.18. The van der Waals surface area contributed by atoms with Crippen molar-refractivity contribution in [1.29, 1.82) is 0 Å². The van der Waals surface area contributed by atoms with Gasteiger partial charge in [0.2, 0.25) is 5.91 Å². The highest BCUT2D eigenvalue weighted by Gasteiger charge is 2.18. The molecule has 0 radical (unpaired) electrons. The molecule has 64 valence electrons. The van der Waals surface area contributed by atoms with E-state index in [1.165, 1.54) is 0 Å². The van der Waals surface area contributed by atoms with Crippen molar-refractivity contribution < 1.29 is 9.90 Å². The molecule has 1 rings (SSSR count). The largest absolute Gasteiger partial charge is 0.393 e. The molecule has 1 heterocycles. The normalized spacial score (nSPS) is 27.8. The van der Waals surface area contributed by atoms with Crippen molar-refractivity contribution >= 4 is 5.91 Å². The lowest BCUT2D eigenvalue weighted by Crippen LogP contribution is -2.40. The maximum Gasteiger partial charge on any atom is 0.220 e. The molecule has 2 N–H and O–H groups in total. The van der Waals surface area contributed by atoms with Crippen LogP contribution in [-0.4, -0.2) is 23.2 Å². The van der Waals surface area contributed by atoms with Crippen LogP contribution < -0.4 is 5.32 Å². The van der Waals surface area contributed by atoms with Gasteiger partial charge in [0.1, 0.15) is 0 Å². The first-order valence-electron chi connectivity index (χ1n) is 4.16. The minimum atomic E-state index is -0.307. The van der Waals surface area contributed by atoms with Crippen LogP contribution in [0.3, 0.4) is 0 Å². The van der Waals surface area contributed by atoms with Gasteiger partial charge in [-0.25, -0.2) is 0 Å². The highest BCUT2D eigenvalue weighted by Crippen LogP contribution is 2.12. The van der Waals surface area contributed by atoms with Gasteiger partial charge in [0.05, 0.1) is 6.10 Å². The van der Waals surface area contributed by atoms with Crippen LogP contribution in [-0.2, 0) is 4.79 Å². The van der Waals surface area contributed by atoms with E-state index in [2.05, 4.69) is 5.32 Å². The molecular formula is C8H15NO2. The van der Waals surface area contributed by atoms with E-state index in [1.807, 2.05) is 0 Å². The fraction of sp³-hybridized carbons (Fsp3) is 0.875. The Morgan fingerprint density at radius 3 is 3.09 bits per heavy atom. The predicted octanol–water partition coefficient (Wildman–Crippen LogP) is 0.426. The van der Waals surface area contributed by atoms with E-state index in [0.717, 1.165) is 12.8 Å². The molecule has 2 atom stereocenters. The Morgan fingerprint density at radius 2 is 2.55 bits per heavy atom. The van der Waals surface area contributed by atoms with Gasteiger partial charge >= 0.3 is 0 Å². The summed E-state index contributed by atoms with van der Waals surface area (Å²) < 4.78 is 0. The number of rotatable bonds is 2. The summed E-state index contributed by atoms with van der Waals surface area (Å²) in [4.78, 5) is 10.9. The number of carbonyl (C=O) groups excluding carboxylic acids is 1. The molecule has 1 aliphatic rings. The Labute approximate surface area is 66.8 Å². The maximum atomic E-state index is 10.9. The van der Waals surface area contributed by atoms with Crippen LogP contribution in [0.15, 0.2) is 0 Å². The van der Waals surface area contributed by atoms with E-state index >= 15 is 0 Å². The molecule has 0 spiro atoms. The summed E-state index contributed by atoms with van der Waals surface area (Å²) in [7, 11) is 0. The lowest BCUT2D eigenvalue weighted by atomic mass is 9.99. The number of amides is 1. The average molecular weight is 157 g/mol. The topological polar surface area (TPSA) is 49.3 Å². The van der Waals surface area contributed by atoms with Crippen LogP contribution in [0.2, 0.25) is 0 Å². The number of nitrogens with one attached hydrogen (secondary N) is 1. The summed E-state index contributed by atoms with van der Waals surface area (Å²) in [6.45, 7) is 1.75. The molecule has 1 saturated heterocycles. The summed E-state index contributed by atoms with van der Waals surface area (Å²) in [5.74, 6) is 0.127. The fourth-order valence-electron chi connectivity index (χ4n) is 1.47. The molecule has 3 nitrogen and oxygen atoms in total. The summed E-state index contributed by atoms with van der Waals surface area (Å²) in [6.07, 6.45) is 3.00. The van der Waals surface area contributed by atoms with E-state index in [9.17, 15) is 4.79 Å². The number of piperidine rings is 1. The second-order valence-electron chi connectivity index (χ2n) is 3.24. The van der Waals surface area contributed by atoms with E-state index in [-0.39, 0.29) is 18.1 Å². The third-order valence-corrected chi connectivity index (χ3v) is 1.95. The zero-order chi connectivity index (χ0) is 8.27. The van der Waals surface area contributed by atoms with Crippen LogP contribution in [0.4, 0.5) is 0 Å². The molecule has 1 fully saturated rings. The van der Waals surface area contributed by atoms with Gasteiger partial charge in [-0.15, -0.1) is 0 Å². The molecule has 0 saturated carbocycles. The number of hydrogen-bond donors (Lipinski definition) is 2. The van der Waals surface area contributed by atoms with Gasteiger partial charge in [-0.3, -0.25) is 4.79 Å². The molecule has 0 aromatic heterocycles. The molecule has 1 amide bonds. The molecular weight excluding hydrogens is 142 g/mol. The Morgan fingerprint density at radius 1 is 1.82 bits per heavy atom. The molecule has 1 aliphatic heterocycles. The molecule has 0 unspecified atom stereocenters. The van der Waals surface area contributed by atoms with Crippen molar-refractivity contribution in [2.45, 2.75) is 44.8 Å². The zero-order valence-corrected chi connectivity index (χ0v) is 6.84. The van der Waals surface area contributed by atoms with Crippen LogP contribution in [0.25, 0.3) is 0 Å². The van der Waals surface area contributed by atoms with Crippen LogP contribution in [0, 0.1) is 0 Å². The molecule has 0 aromatic rings. The first kappa shape index (κ1) is 8.53. The van der Waals surface area contributed by atoms with Gasteiger partial charge in [-0.1, -0.05) is 0 Å². The Balaban J connectivity index is 2.28. The molecule has 0 aliphatic carbocycles. The number of aliphatic hydroxyl groups is 1. The van der Waals surface area contributed by atoms with Gasteiger partial charge in [0, 0.05) is 12.5 Å². The number of hydrogen-bond acceptors (Lipinski definition) is 2. The second kappa shape index (κ2) is 3.72. The number of carbonyl (C=O) groups is 1. The lowest BCUT2D eigenvalue weighted by Gasteiger charge is -2.23. The summed E-state index contributed by atoms with van der Waals surface area (Å²) in [5, 5.41) is 11.9. The highest BCUT2D eigenvalue weighted by atomic mass is 16.3. The summed E-state index contributed by atoms with van der Waals surface area (Å²) in [6, 6.07) is 0.205. The van der Waals surface area contributed by atoms with E-state index in [4.69, 9.17) is 5.11 Å². The predicted molar refractivity (Wildman–Crippen MR) is 42.1 cm³/mol. The molecule has 0 aromatic carbocycles. The molecule has 11 heavy (non-hydrogen) atoms. The van der Waals surface area contributed by atoms with Crippen LogP contribution >= 0.6 is 0 Å². The smallest absolute Gasteiger partial charge is 0.220 e. The van der Waals surface area contributed by atoms with E-state index < -0.39 is 0 Å². The summed E-state index contributed by atoms with van der Waals surface area (Å²) in [5.41, 5.74) is 0. The fourth-order valence-corrected chi connectivity index (χ4v) is 1.47. The minimum Gasteiger partial charge on any atom is -0.393 e. The van der Waals surface area contributed by atoms with Gasteiger partial charge in [0.25, 0.3) is 0 Å². The van der Waals surface area contributed by atoms with Gasteiger partial charge in [-0.05, 0) is 26.2 Å². The average Bonchev–Trinajstić information content (AvgIpc) is 1.85. The van der Waals surface area contributed by atoms with E-state index in [1.54, 1.807) is 6.92 Å². The summed E-state index contributed by atoms with van der Waals surface area (Å²) >= 11 is 0. The quantitative estimate of drug-likeness (QED) is 0.610. The SMILES string of the molecule is C[C@@H](O)C[C@H]1CCCC(=O)N1. The van der Waals surface area contributed by atoms with Gasteiger partial charge < -0.3 is 10.4 Å². The lowest BCUT2D eigenvalue weighted by molar-refractivity contribution is -0.123. The Hall–Kier alpha value is -0.570. The van der Waals surface area contributed by atoms with Crippen molar-refractivity contribution in [3.63, 3.8) is 0 Å². The Kier molecular flexibility index (Phi) is 2.88. The number of aliphatic hydroxyl groups excluding tert-OH is 1. The second-order valence-corrected chi connectivity index (χ2v) is 3.24. The maximum absolute atomic E-state index is 10.9. The monoisotopic (exact) mass is 157 g/mol.